The highest BCUT2D eigenvalue weighted by molar-refractivity contribution is 7.07. The van der Waals surface area contributed by atoms with E-state index >= 15 is 0 Å². The maximum atomic E-state index is 13.6. The molecular weight excluding hydrogens is 464 g/mol. The lowest BCUT2D eigenvalue weighted by atomic mass is 9.93. The molecule has 8 heteroatoms. The van der Waals surface area contributed by atoms with E-state index in [-0.39, 0.29) is 17.9 Å². The Morgan fingerprint density at radius 2 is 1.94 bits per heavy atom. The van der Waals surface area contributed by atoms with Gasteiger partial charge in [-0.3, -0.25) is 9.36 Å². The van der Waals surface area contributed by atoms with Gasteiger partial charge in [-0.2, -0.15) is 0 Å². The number of benzene rings is 2. The fourth-order valence-corrected chi connectivity index (χ4v) is 5.16. The molecule has 0 saturated heterocycles. The van der Waals surface area contributed by atoms with Crippen molar-refractivity contribution in [3.05, 3.63) is 90.1 Å². The molecule has 1 aliphatic rings. The zero-order chi connectivity index (χ0) is 25.3. The zero-order valence-corrected chi connectivity index (χ0v) is 21.2. The minimum absolute atomic E-state index is 0.0161. The lowest BCUT2D eigenvalue weighted by Gasteiger charge is -2.25. The third-order valence-electron chi connectivity index (χ3n) is 5.94. The van der Waals surface area contributed by atoms with Gasteiger partial charge in [-0.15, -0.1) is 0 Å². The second-order valence-corrected chi connectivity index (χ2v) is 9.56. The number of ether oxygens (including phenoxy) is 2. The minimum atomic E-state index is -0.655. The zero-order valence-electron chi connectivity index (χ0n) is 20.4. The number of hydrogen-bond acceptors (Lipinski definition) is 7. The highest BCUT2D eigenvalue weighted by Crippen LogP contribution is 2.31. The summed E-state index contributed by atoms with van der Waals surface area (Å²) in [5.41, 5.74) is 3.23. The third-order valence-corrected chi connectivity index (χ3v) is 6.92. The van der Waals surface area contributed by atoms with Crippen LogP contribution in [0.5, 0.6) is 11.5 Å². The molecule has 1 atom stereocenters. The molecule has 35 heavy (non-hydrogen) atoms. The van der Waals surface area contributed by atoms with Gasteiger partial charge in [0.1, 0.15) is 0 Å². The maximum absolute atomic E-state index is 13.6. The summed E-state index contributed by atoms with van der Waals surface area (Å²) in [6.45, 7) is 7.96. The van der Waals surface area contributed by atoms with Crippen molar-refractivity contribution in [1.82, 2.24) is 4.57 Å². The molecule has 0 unspecified atom stereocenters. The molecule has 3 aromatic rings. The number of hydrogen-bond donors (Lipinski definition) is 1. The molecule has 7 nitrogen and oxygen atoms in total. The molecule has 182 valence electrons. The van der Waals surface area contributed by atoms with Crippen LogP contribution in [0.4, 0.5) is 0 Å². The molecule has 1 N–H and O–H groups in total. The first-order chi connectivity index (χ1) is 16.7. The van der Waals surface area contributed by atoms with Crippen LogP contribution in [-0.4, -0.2) is 29.4 Å². The van der Waals surface area contributed by atoms with Crippen molar-refractivity contribution in [2.24, 2.45) is 4.99 Å². The molecule has 4 rings (SSSR count). The SMILES string of the molecule is CCOC(=O)C1=C(C)N=c2s/c(=C\c3ccc(OC)c(O)c3)c(=O)n2[C@H]1c1ccc(C(C)C)cc1. The maximum Gasteiger partial charge on any atom is 0.338 e. The summed E-state index contributed by atoms with van der Waals surface area (Å²) in [4.78, 5) is 31.7. The van der Waals surface area contributed by atoms with E-state index in [0.717, 1.165) is 5.56 Å². The number of fused-ring (bicyclic) bond motifs is 1. The number of carbonyl (C=O) groups is 1. The number of thiazole rings is 1. The van der Waals surface area contributed by atoms with Gasteiger partial charge in [-0.25, -0.2) is 9.79 Å². The van der Waals surface area contributed by atoms with Crippen LogP contribution in [0.15, 0.2) is 63.5 Å². The number of nitrogens with zero attached hydrogens (tertiary/aromatic N) is 2. The smallest absolute Gasteiger partial charge is 0.338 e. The fourth-order valence-electron chi connectivity index (χ4n) is 4.12. The van der Waals surface area contributed by atoms with Crippen LogP contribution >= 0.6 is 11.3 Å². The van der Waals surface area contributed by atoms with Gasteiger partial charge in [0.15, 0.2) is 16.3 Å². The van der Waals surface area contributed by atoms with Crippen LogP contribution in [0.2, 0.25) is 0 Å². The van der Waals surface area contributed by atoms with Gasteiger partial charge in [-0.05, 0) is 54.7 Å². The Kier molecular flexibility index (Phi) is 6.93. The Balaban J connectivity index is 1.91. The number of aromatic nitrogens is 1. The number of phenols is 1. The predicted octanol–water partition coefficient (Wildman–Crippen LogP) is 3.64. The lowest BCUT2D eigenvalue weighted by Crippen LogP contribution is -2.39. The largest absolute Gasteiger partial charge is 0.504 e. The second-order valence-electron chi connectivity index (χ2n) is 8.55. The van der Waals surface area contributed by atoms with Crippen LogP contribution in [-0.2, 0) is 9.53 Å². The average molecular weight is 493 g/mol. The topological polar surface area (TPSA) is 90.1 Å². The number of aromatic hydroxyl groups is 1. The van der Waals surface area contributed by atoms with E-state index in [1.807, 2.05) is 24.3 Å². The quantitative estimate of drug-likeness (QED) is 0.531. The molecule has 0 spiro atoms. The van der Waals surface area contributed by atoms with Crippen molar-refractivity contribution in [1.29, 1.82) is 0 Å². The molecule has 0 aliphatic carbocycles. The van der Waals surface area contributed by atoms with Crippen molar-refractivity contribution >= 4 is 23.4 Å². The Morgan fingerprint density at radius 1 is 1.23 bits per heavy atom. The molecule has 1 aromatic heterocycles. The summed E-state index contributed by atoms with van der Waals surface area (Å²) in [5.74, 6) is 0.204. The van der Waals surface area contributed by atoms with E-state index in [2.05, 4.69) is 18.8 Å². The van der Waals surface area contributed by atoms with Gasteiger partial charge < -0.3 is 14.6 Å². The molecular formula is C27H28N2O5S. The van der Waals surface area contributed by atoms with E-state index in [9.17, 15) is 14.7 Å². The summed E-state index contributed by atoms with van der Waals surface area (Å²) in [5, 5.41) is 10.1. The molecule has 2 aromatic carbocycles. The summed E-state index contributed by atoms with van der Waals surface area (Å²) in [7, 11) is 1.48. The molecule has 0 amide bonds. The average Bonchev–Trinajstić information content (AvgIpc) is 3.12. The fraction of sp³-hybridized carbons (Fsp3) is 0.296. The molecule has 0 radical (unpaired) electrons. The van der Waals surface area contributed by atoms with Gasteiger partial charge in [0, 0.05) is 0 Å². The van der Waals surface area contributed by atoms with E-state index in [0.29, 0.717) is 37.8 Å². The van der Waals surface area contributed by atoms with Crippen LogP contribution < -0.4 is 19.6 Å². The first kappa shape index (κ1) is 24.5. The second kappa shape index (κ2) is 9.92. The molecule has 0 fully saturated rings. The Morgan fingerprint density at radius 3 is 2.54 bits per heavy atom. The Labute approximate surface area is 207 Å². The van der Waals surface area contributed by atoms with Crippen molar-refractivity contribution in [3.63, 3.8) is 0 Å². The number of methoxy groups -OCH3 is 1. The summed E-state index contributed by atoms with van der Waals surface area (Å²) < 4.78 is 12.4. The third kappa shape index (κ3) is 4.66. The Bertz CT molecular complexity index is 1480. The highest BCUT2D eigenvalue weighted by atomic mass is 32.1. The molecule has 0 saturated carbocycles. The van der Waals surface area contributed by atoms with Crippen molar-refractivity contribution in [2.75, 3.05) is 13.7 Å². The molecule has 2 heterocycles. The van der Waals surface area contributed by atoms with Gasteiger partial charge in [0.2, 0.25) is 0 Å². The summed E-state index contributed by atoms with van der Waals surface area (Å²) in [6, 6.07) is 12.2. The van der Waals surface area contributed by atoms with E-state index in [1.165, 1.54) is 30.1 Å². The van der Waals surface area contributed by atoms with Crippen LogP contribution in [0, 0.1) is 0 Å². The number of carbonyl (C=O) groups excluding carboxylic acids is 1. The highest BCUT2D eigenvalue weighted by Gasteiger charge is 2.33. The van der Waals surface area contributed by atoms with Crippen molar-refractivity contribution in [2.45, 2.75) is 39.7 Å². The normalized spacial score (nSPS) is 15.7. The first-order valence-corrected chi connectivity index (χ1v) is 12.2. The predicted molar refractivity (Wildman–Crippen MR) is 136 cm³/mol. The number of phenolic OH excluding ortho intramolecular Hbond substituents is 1. The molecule has 1 aliphatic heterocycles. The van der Waals surface area contributed by atoms with Crippen molar-refractivity contribution < 1.29 is 19.4 Å². The minimum Gasteiger partial charge on any atom is -0.504 e. The standard InChI is InChI=1S/C27H28N2O5S/c1-6-34-26(32)23-16(4)28-27-29(24(23)19-10-8-18(9-11-19)15(2)3)25(31)22(35-27)14-17-7-12-21(33-5)20(30)13-17/h7-15,24,30H,6H2,1-5H3/b22-14-/t24-/m0/s1. The summed E-state index contributed by atoms with van der Waals surface area (Å²) >= 11 is 1.24. The van der Waals surface area contributed by atoms with E-state index < -0.39 is 12.0 Å². The summed E-state index contributed by atoms with van der Waals surface area (Å²) in [6.07, 6.45) is 1.70. The van der Waals surface area contributed by atoms with Gasteiger partial charge in [-0.1, -0.05) is 55.5 Å². The lowest BCUT2D eigenvalue weighted by molar-refractivity contribution is -0.139. The monoisotopic (exact) mass is 492 g/mol. The van der Waals surface area contributed by atoms with Gasteiger partial charge in [0.25, 0.3) is 5.56 Å². The van der Waals surface area contributed by atoms with E-state index in [1.54, 1.807) is 36.6 Å². The number of rotatable bonds is 6. The number of allylic oxidation sites excluding steroid dienone is 1. The van der Waals surface area contributed by atoms with E-state index in [4.69, 9.17) is 9.47 Å². The van der Waals surface area contributed by atoms with Crippen molar-refractivity contribution in [3.8, 4) is 11.5 Å². The number of esters is 1. The van der Waals surface area contributed by atoms with Gasteiger partial charge >= 0.3 is 5.97 Å². The van der Waals surface area contributed by atoms with Gasteiger partial charge in [0.05, 0.1) is 35.6 Å². The Hall–Kier alpha value is -3.65. The first-order valence-electron chi connectivity index (χ1n) is 11.4. The van der Waals surface area contributed by atoms with Crippen LogP contribution in [0.1, 0.15) is 56.3 Å². The molecule has 0 bridgehead atoms. The van der Waals surface area contributed by atoms with Crippen LogP contribution in [0.3, 0.4) is 0 Å². The van der Waals surface area contributed by atoms with Crippen LogP contribution in [0.25, 0.3) is 6.08 Å².